The summed E-state index contributed by atoms with van der Waals surface area (Å²) in [4.78, 5) is 2.69. The normalized spacial score (nSPS) is 16.5. The van der Waals surface area contributed by atoms with Crippen LogP contribution in [0.25, 0.3) is 0 Å². The molecule has 0 amide bonds. The third-order valence-corrected chi connectivity index (χ3v) is 5.24. The zero-order valence-corrected chi connectivity index (χ0v) is 18.8. The Labute approximate surface area is 164 Å². The predicted molar refractivity (Wildman–Crippen MR) is 118 cm³/mol. The first-order chi connectivity index (χ1) is 12.3. The van der Waals surface area contributed by atoms with E-state index in [4.69, 9.17) is 0 Å². The lowest BCUT2D eigenvalue weighted by molar-refractivity contribution is 0.179. The topological polar surface area (TPSA) is 3.24 Å². The van der Waals surface area contributed by atoms with Gasteiger partial charge in [0.1, 0.15) is 0 Å². The maximum atomic E-state index is 2.69. The van der Waals surface area contributed by atoms with Gasteiger partial charge in [-0.05, 0) is 86.5 Å². The lowest BCUT2D eigenvalue weighted by atomic mass is 9.86. The van der Waals surface area contributed by atoms with E-state index in [1.807, 2.05) is 13.8 Å². The molecule has 1 aliphatic rings. The highest BCUT2D eigenvalue weighted by Gasteiger charge is 2.19. The number of rotatable bonds is 7. The summed E-state index contributed by atoms with van der Waals surface area (Å²) in [5.41, 5.74) is 3.39. The maximum Gasteiger partial charge on any atom is -0.00160 e. The maximum absolute atomic E-state index is 2.69. The first kappa shape index (κ1) is 23.2. The summed E-state index contributed by atoms with van der Waals surface area (Å²) in [7, 11) is 0. The highest BCUT2D eigenvalue weighted by atomic mass is 15.1. The SMILES string of the molecule is CC.CC(C)CCCN1CCC(Cc2ccc(CC(C)(C)C)cc2)CC1. The number of likely N-dealkylation sites (tertiary alicyclic amines) is 1. The molecule has 2 rings (SSSR count). The standard InChI is InChI=1S/C23H39N.C2H6/c1-19(2)7-6-14-24-15-12-21(13-16-24)17-20-8-10-22(11-9-20)18-23(3,4)5;1-2/h8-11,19,21H,6-7,12-18H2,1-5H3;1-2H3. The fourth-order valence-corrected chi connectivity index (χ4v) is 3.88. The number of hydrogen-bond donors (Lipinski definition) is 0. The van der Waals surface area contributed by atoms with Crippen molar-refractivity contribution in [3.8, 4) is 0 Å². The van der Waals surface area contributed by atoms with E-state index in [2.05, 4.69) is 63.8 Å². The van der Waals surface area contributed by atoms with Crippen LogP contribution in [-0.4, -0.2) is 24.5 Å². The number of nitrogens with zero attached hydrogens (tertiary/aromatic N) is 1. The van der Waals surface area contributed by atoms with E-state index in [0.29, 0.717) is 5.41 Å². The molecule has 0 atom stereocenters. The molecule has 1 nitrogen and oxygen atoms in total. The van der Waals surface area contributed by atoms with Gasteiger partial charge in [0, 0.05) is 0 Å². The average molecular weight is 360 g/mol. The Morgan fingerprint density at radius 3 is 2.00 bits per heavy atom. The van der Waals surface area contributed by atoms with Gasteiger partial charge in [-0.25, -0.2) is 0 Å². The second kappa shape index (κ2) is 11.8. The van der Waals surface area contributed by atoms with Gasteiger partial charge in [0.2, 0.25) is 0 Å². The van der Waals surface area contributed by atoms with Crippen LogP contribution in [0, 0.1) is 17.3 Å². The van der Waals surface area contributed by atoms with Gasteiger partial charge in [-0.3, -0.25) is 0 Å². The molecule has 0 saturated carbocycles. The smallest absolute Gasteiger partial charge is 0.00160 e. The lowest BCUT2D eigenvalue weighted by Crippen LogP contribution is -2.35. The van der Waals surface area contributed by atoms with Crippen LogP contribution in [0.2, 0.25) is 0 Å². The number of piperidine rings is 1. The highest BCUT2D eigenvalue weighted by molar-refractivity contribution is 5.23. The summed E-state index contributed by atoms with van der Waals surface area (Å²) in [5, 5.41) is 0. The second-order valence-electron chi connectivity index (χ2n) is 9.58. The molecule has 1 aliphatic heterocycles. The molecule has 0 N–H and O–H groups in total. The lowest BCUT2D eigenvalue weighted by Gasteiger charge is -2.32. The van der Waals surface area contributed by atoms with E-state index in [0.717, 1.165) is 11.8 Å². The van der Waals surface area contributed by atoms with Crippen molar-refractivity contribution >= 4 is 0 Å². The van der Waals surface area contributed by atoms with Crippen molar-refractivity contribution < 1.29 is 0 Å². The predicted octanol–water partition coefficient (Wildman–Crippen LogP) is 6.99. The third-order valence-electron chi connectivity index (χ3n) is 5.24. The summed E-state index contributed by atoms with van der Waals surface area (Å²) in [5.74, 6) is 1.74. The Morgan fingerprint density at radius 1 is 0.962 bits per heavy atom. The Bertz CT molecular complexity index is 458. The van der Waals surface area contributed by atoms with Gasteiger partial charge in [-0.2, -0.15) is 0 Å². The largest absolute Gasteiger partial charge is 0.303 e. The van der Waals surface area contributed by atoms with Crippen LogP contribution in [0.1, 0.15) is 85.3 Å². The van der Waals surface area contributed by atoms with Crippen LogP contribution in [0.4, 0.5) is 0 Å². The third kappa shape index (κ3) is 9.76. The van der Waals surface area contributed by atoms with Crippen LogP contribution in [0.3, 0.4) is 0 Å². The Balaban J connectivity index is 0.00000163. The van der Waals surface area contributed by atoms with E-state index in [1.54, 1.807) is 0 Å². The average Bonchev–Trinajstić information content (AvgIpc) is 2.58. The fourth-order valence-electron chi connectivity index (χ4n) is 3.88. The van der Waals surface area contributed by atoms with E-state index < -0.39 is 0 Å². The molecule has 0 aromatic heterocycles. The molecule has 150 valence electrons. The molecule has 1 heterocycles. The highest BCUT2D eigenvalue weighted by Crippen LogP contribution is 2.24. The summed E-state index contributed by atoms with van der Waals surface area (Å²) >= 11 is 0. The van der Waals surface area contributed by atoms with Crippen molar-refractivity contribution in [2.75, 3.05) is 19.6 Å². The van der Waals surface area contributed by atoms with Gasteiger partial charge in [0.15, 0.2) is 0 Å². The molecule has 0 bridgehead atoms. The number of benzene rings is 1. The zero-order chi connectivity index (χ0) is 19.6. The molecule has 0 spiro atoms. The molecular formula is C25H45N. The summed E-state index contributed by atoms with van der Waals surface area (Å²) in [6.45, 7) is 19.5. The second-order valence-corrected chi connectivity index (χ2v) is 9.58. The molecule has 0 aliphatic carbocycles. The van der Waals surface area contributed by atoms with Crippen LogP contribution < -0.4 is 0 Å². The van der Waals surface area contributed by atoms with E-state index >= 15 is 0 Å². The molecule has 0 unspecified atom stereocenters. The van der Waals surface area contributed by atoms with Gasteiger partial charge in [-0.15, -0.1) is 0 Å². The first-order valence-corrected chi connectivity index (χ1v) is 11.1. The summed E-state index contributed by atoms with van der Waals surface area (Å²) < 4.78 is 0. The van der Waals surface area contributed by atoms with Crippen molar-refractivity contribution in [3.05, 3.63) is 35.4 Å². The van der Waals surface area contributed by atoms with Crippen LogP contribution >= 0.6 is 0 Å². The van der Waals surface area contributed by atoms with E-state index in [-0.39, 0.29) is 0 Å². The van der Waals surface area contributed by atoms with Gasteiger partial charge in [0.25, 0.3) is 0 Å². The van der Waals surface area contributed by atoms with E-state index in [9.17, 15) is 0 Å². The van der Waals surface area contributed by atoms with Gasteiger partial charge in [-0.1, -0.05) is 72.7 Å². The zero-order valence-electron chi connectivity index (χ0n) is 18.8. The van der Waals surface area contributed by atoms with Gasteiger partial charge < -0.3 is 4.90 Å². The molecule has 26 heavy (non-hydrogen) atoms. The quantitative estimate of drug-likeness (QED) is 0.507. The van der Waals surface area contributed by atoms with Crippen molar-refractivity contribution in [2.24, 2.45) is 17.3 Å². The summed E-state index contributed by atoms with van der Waals surface area (Å²) in [6, 6.07) is 9.44. The Morgan fingerprint density at radius 2 is 1.50 bits per heavy atom. The van der Waals surface area contributed by atoms with Crippen LogP contribution in [0.5, 0.6) is 0 Å². The molecule has 1 saturated heterocycles. The molecule has 0 radical (unpaired) electrons. The molecule has 1 heteroatoms. The molecule has 1 aromatic carbocycles. The molecule has 1 fully saturated rings. The van der Waals surface area contributed by atoms with Gasteiger partial charge >= 0.3 is 0 Å². The van der Waals surface area contributed by atoms with Crippen molar-refractivity contribution in [2.45, 2.75) is 87.0 Å². The Hall–Kier alpha value is -0.820. The monoisotopic (exact) mass is 359 g/mol. The minimum Gasteiger partial charge on any atom is -0.303 e. The van der Waals surface area contributed by atoms with Crippen molar-refractivity contribution in [1.29, 1.82) is 0 Å². The minimum atomic E-state index is 0.379. The van der Waals surface area contributed by atoms with E-state index in [1.165, 1.54) is 69.3 Å². The van der Waals surface area contributed by atoms with Gasteiger partial charge in [0.05, 0.1) is 0 Å². The van der Waals surface area contributed by atoms with Crippen molar-refractivity contribution in [1.82, 2.24) is 4.90 Å². The van der Waals surface area contributed by atoms with Crippen LogP contribution in [-0.2, 0) is 12.8 Å². The summed E-state index contributed by atoms with van der Waals surface area (Å²) in [6.07, 6.45) is 7.95. The first-order valence-electron chi connectivity index (χ1n) is 11.1. The molecule has 1 aromatic rings. The minimum absolute atomic E-state index is 0.379. The van der Waals surface area contributed by atoms with Crippen molar-refractivity contribution in [3.63, 3.8) is 0 Å². The Kier molecular flexibility index (Phi) is 10.5. The van der Waals surface area contributed by atoms with Crippen LogP contribution in [0.15, 0.2) is 24.3 Å². The fraction of sp³-hybridized carbons (Fsp3) is 0.760. The molecular weight excluding hydrogens is 314 g/mol. The number of hydrogen-bond acceptors (Lipinski definition) is 1.